The average Bonchev–Trinajstić information content (AvgIpc) is 3.29. The molecule has 2 aromatic heterocycles. The standard InChI is InChI=1S/C20H20ClF2N5O4/c21-20(22,23)32-15-3-1-13(2-4-15)27-19(31)12-9-16(17-6-8-26-28-17)18(25-10-12)24-7-5-14(30)11-29/h1-4,6,8-10,14,29-30H,5,7,11H2,(H,24,25)(H,26,28)(H,27,31). The number of H-pyrrole nitrogens is 1. The first-order valence-corrected chi connectivity index (χ1v) is 9.82. The second kappa shape index (κ2) is 10.4. The minimum absolute atomic E-state index is 0.159. The fourth-order valence-electron chi connectivity index (χ4n) is 2.73. The van der Waals surface area contributed by atoms with E-state index in [2.05, 4.69) is 30.6 Å². The summed E-state index contributed by atoms with van der Waals surface area (Å²) in [7, 11) is 0. The summed E-state index contributed by atoms with van der Waals surface area (Å²) in [5, 5.41) is 30.8. The molecule has 0 spiro atoms. The van der Waals surface area contributed by atoms with Gasteiger partial charge < -0.3 is 25.6 Å². The van der Waals surface area contributed by atoms with E-state index in [9.17, 15) is 18.7 Å². The van der Waals surface area contributed by atoms with Crippen molar-refractivity contribution in [3.63, 3.8) is 0 Å². The maximum Gasteiger partial charge on any atom is 0.487 e. The van der Waals surface area contributed by atoms with Gasteiger partial charge in [-0.25, -0.2) is 4.98 Å². The van der Waals surface area contributed by atoms with Crippen LogP contribution in [0.4, 0.5) is 20.3 Å². The summed E-state index contributed by atoms with van der Waals surface area (Å²) in [4.78, 5) is 17.0. The molecule has 1 atom stereocenters. The topological polar surface area (TPSA) is 132 Å². The Morgan fingerprint density at radius 3 is 2.66 bits per heavy atom. The van der Waals surface area contributed by atoms with E-state index in [0.717, 1.165) is 0 Å². The van der Waals surface area contributed by atoms with Crippen LogP contribution in [0.2, 0.25) is 0 Å². The van der Waals surface area contributed by atoms with Gasteiger partial charge in [0.2, 0.25) is 0 Å². The summed E-state index contributed by atoms with van der Waals surface area (Å²) in [6.07, 6.45) is 2.37. The summed E-state index contributed by atoms with van der Waals surface area (Å²) in [5.74, 6) is -0.177. The number of hydrogen-bond donors (Lipinski definition) is 5. The van der Waals surface area contributed by atoms with Crippen LogP contribution in [-0.2, 0) is 0 Å². The number of aromatic amines is 1. The zero-order chi connectivity index (χ0) is 23.1. The SMILES string of the molecule is O=C(Nc1ccc(OC(F)(F)Cl)cc1)c1cnc(NCCC(O)CO)c(-c2ccn[nH]2)c1. The largest absolute Gasteiger partial charge is 0.487 e. The third-order valence-electron chi connectivity index (χ3n) is 4.27. The molecule has 1 unspecified atom stereocenters. The van der Waals surface area contributed by atoms with Crippen molar-refractivity contribution < 1.29 is 28.5 Å². The molecule has 0 saturated carbocycles. The van der Waals surface area contributed by atoms with Crippen molar-refractivity contribution in [2.75, 3.05) is 23.8 Å². The molecule has 170 valence electrons. The lowest BCUT2D eigenvalue weighted by atomic mass is 10.1. The smallest absolute Gasteiger partial charge is 0.420 e. The van der Waals surface area contributed by atoms with Crippen LogP contribution in [0.15, 0.2) is 48.8 Å². The first-order chi connectivity index (χ1) is 15.2. The Morgan fingerprint density at radius 1 is 1.28 bits per heavy atom. The first kappa shape index (κ1) is 23.4. The molecule has 0 aliphatic carbocycles. The molecule has 0 radical (unpaired) electrons. The summed E-state index contributed by atoms with van der Waals surface area (Å²) in [5.41, 5.74) is -2.06. The number of alkyl halides is 3. The van der Waals surface area contributed by atoms with E-state index in [1.807, 2.05) is 0 Å². The fraction of sp³-hybridized carbons (Fsp3) is 0.250. The normalized spacial score (nSPS) is 12.3. The molecule has 5 N–H and O–H groups in total. The van der Waals surface area contributed by atoms with Crippen LogP contribution >= 0.6 is 11.6 Å². The number of anilines is 2. The molecule has 3 rings (SSSR count). The lowest BCUT2D eigenvalue weighted by molar-refractivity contribution is -0.0964. The Morgan fingerprint density at radius 2 is 2.03 bits per heavy atom. The zero-order valence-electron chi connectivity index (χ0n) is 16.6. The van der Waals surface area contributed by atoms with E-state index in [1.165, 1.54) is 30.5 Å². The van der Waals surface area contributed by atoms with Crippen LogP contribution in [-0.4, -0.2) is 56.1 Å². The summed E-state index contributed by atoms with van der Waals surface area (Å²) in [6, 6.07) is 8.58. The maximum absolute atomic E-state index is 12.7. The van der Waals surface area contributed by atoms with Crippen LogP contribution in [0.5, 0.6) is 5.75 Å². The van der Waals surface area contributed by atoms with Gasteiger partial charge in [0.1, 0.15) is 11.6 Å². The van der Waals surface area contributed by atoms with Gasteiger partial charge in [-0.1, -0.05) is 0 Å². The molecular weight excluding hydrogens is 448 g/mol. The van der Waals surface area contributed by atoms with E-state index in [1.54, 1.807) is 18.3 Å². The van der Waals surface area contributed by atoms with Crippen molar-refractivity contribution in [1.82, 2.24) is 15.2 Å². The Kier molecular flexibility index (Phi) is 7.57. The second-order valence-corrected chi connectivity index (χ2v) is 7.11. The number of ether oxygens (including phenoxy) is 1. The monoisotopic (exact) mass is 467 g/mol. The Hall–Kier alpha value is -3.28. The first-order valence-electron chi connectivity index (χ1n) is 9.45. The van der Waals surface area contributed by atoms with Crippen LogP contribution in [0.1, 0.15) is 16.8 Å². The van der Waals surface area contributed by atoms with E-state index in [0.29, 0.717) is 35.7 Å². The molecule has 0 aliphatic rings. The van der Waals surface area contributed by atoms with E-state index in [-0.39, 0.29) is 17.9 Å². The van der Waals surface area contributed by atoms with Crippen LogP contribution in [0.3, 0.4) is 0 Å². The highest BCUT2D eigenvalue weighted by atomic mass is 35.5. The summed E-state index contributed by atoms with van der Waals surface area (Å²) >= 11 is 4.73. The minimum atomic E-state index is -3.83. The van der Waals surface area contributed by atoms with Crippen molar-refractivity contribution in [3.8, 4) is 17.0 Å². The molecule has 3 aromatic rings. The Balaban J connectivity index is 1.74. The number of hydrogen-bond acceptors (Lipinski definition) is 7. The van der Waals surface area contributed by atoms with Gasteiger partial charge in [-0.2, -0.15) is 5.10 Å². The van der Waals surface area contributed by atoms with Crippen molar-refractivity contribution in [2.45, 2.75) is 18.1 Å². The van der Waals surface area contributed by atoms with E-state index in [4.69, 9.17) is 16.7 Å². The highest BCUT2D eigenvalue weighted by Gasteiger charge is 2.27. The molecule has 2 heterocycles. The molecule has 9 nitrogen and oxygen atoms in total. The third-order valence-corrected chi connectivity index (χ3v) is 4.34. The number of amides is 1. The van der Waals surface area contributed by atoms with E-state index >= 15 is 0 Å². The number of aromatic nitrogens is 3. The fourth-order valence-corrected chi connectivity index (χ4v) is 2.82. The summed E-state index contributed by atoms with van der Waals surface area (Å²) < 4.78 is 29.6. The van der Waals surface area contributed by atoms with Crippen LogP contribution < -0.4 is 15.4 Å². The molecular formula is C20H20ClF2N5O4. The Bertz CT molecular complexity index is 1030. The number of nitrogens with one attached hydrogen (secondary N) is 3. The molecule has 1 amide bonds. The van der Waals surface area contributed by atoms with Crippen molar-refractivity contribution in [1.29, 1.82) is 0 Å². The number of aliphatic hydroxyl groups is 2. The summed E-state index contributed by atoms with van der Waals surface area (Å²) in [6.45, 7) is 0.000204. The number of rotatable bonds is 10. The molecule has 12 heteroatoms. The van der Waals surface area contributed by atoms with Gasteiger partial charge in [0, 0.05) is 41.8 Å². The quantitative estimate of drug-likeness (QED) is 0.289. The lowest BCUT2D eigenvalue weighted by Gasteiger charge is -2.14. The van der Waals surface area contributed by atoms with Gasteiger partial charge in [-0.3, -0.25) is 9.89 Å². The van der Waals surface area contributed by atoms with Crippen LogP contribution in [0, 0.1) is 0 Å². The molecule has 0 saturated heterocycles. The highest BCUT2D eigenvalue weighted by molar-refractivity contribution is 6.20. The van der Waals surface area contributed by atoms with Crippen LogP contribution in [0.25, 0.3) is 11.3 Å². The van der Waals surface area contributed by atoms with Crippen molar-refractivity contribution in [2.24, 2.45) is 0 Å². The van der Waals surface area contributed by atoms with Crippen molar-refractivity contribution in [3.05, 3.63) is 54.4 Å². The number of carbonyl (C=O) groups excluding carboxylic acids is 1. The number of aliphatic hydroxyl groups excluding tert-OH is 2. The average molecular weight is 468 g/mol. The number of halogens is 3. The molecule has 0 aliphatic heterocycles. The lowest BCUT2D eigenvalue weighted by Crippen LogP contribution is -2.18. The van der Waals surface area contributed by atoms with Gasteiger partial charge in [0.15, 0.2) is 0 Å². The molecule has 1 aromatic carbocycles. The predicted octanol–water partition coefficient (Wildman–Crippen LogP) is 3.05. The van der Waals surface area contributed by atoms with Gasteiger partial charge in [-0.05, 0) is 42.8 Å². The molecule has 0 fully saturated rings. The number of carbonyl (C=O) groups is 1. The second-order valence-electron chi connectivity index (χ2n) is 6.67. The number of benzene rings is 1. The van der Waals surface area contributed by atoms with Gasteiger partial charge >= 0.3 is 5.57 Å². The van der Waals surface area contributed by atoms with Gasteiger partial charge in [-0.15, -0.1) is 8.78 Å². The van der Waals surface area contributed by atoms with Gasteiger partial charge in [0.25, 0.3) is 5.91 Å². The van der Waals surface area contributed by atoms with E-state index < -0.39 is 17.6 Å². The number of pyridine rings is 1. The predicted molar refractivity (Wildman–Crippen MR) is 114 cm³/mol. The van der Waals surface area contributed by atoms with Crippen molar-refractivity contribution >= 4 is 29.0 Å². The maximum atomic E-state index is 12.7. The van der Waals surface area contributed by atoms with Gasteiger partial charge in [0.05, 0.1) is 24.0 Å². The third kappa shape index (κ3) is 6.61. The Labute approximate surface area is 186 Å². The number of nitrogens with zero attached hydrogens (tertiary/aromatic N) is 2. The molecule has 0 bridgehead atoms. The highest BCUT2D eigenvalue weighted by Crippen LogP contribution is 2.27. The zero-order valence-corrected chi connectivity index (χ0v) is 17.3. The minimum Gasteiger partial charge on any atom is -0.420 e. The molecule has 32 heavy (non-hydrogen) atoms.